The number of unbranched alkanes of at least 4 members (excludes halogenated alkanes) is 1. The van der Waals surface area contributed by atoms with E-state index in [-0.39, 0.29) is 6.61 Å². The normalized spacial score (nSPS) is 37.7. The Labute approximate surface area is 83.3 Å². The van der Waals surface area contributed by atoms with E-state index >= 15 is 0 Å². The highest BCUT2D eigenvalue weighted by Gasteiger charge is 2.42. The SMILES string of the molecule is CCCCO[C@@H]1O[C@@H](CO)[C@H](O)[C@H]1O. The second-order valence-electron chi connectivity index (χ2n) is 3.43. The van der Waals surface area contributed by atoms with Gasteiger partial charge in [-0.1, -0.05) is 13.3 Å². The van der Waals surface area contributed by atoms with Crippen molar-refractivity contribution in [1.29, 1.82) is 0 Å². The standard InChI is InChI=1S/C9H18O5/c1-2-3-4-13-9-8(12)7(11)6(5-10)14-9/h6-12H,2-5H2,1H3/t6-,7-,8+,9+/m0/s1. The third kappa shape index (κ3) is 2.65. The minimum Gasteiger partial charge on any atom is -0.394 e. The van der Waals surface area contributed by atoms with Crippen molar-refractivity contribution in [1.82, 2.24) is 0 Å². The molecule has 3 N–H and O–H groups in total. The topological polar surface area (TPSA) is 79.2 Å². The fourth-order valence-electron chi connectivity index (χ4n) is 1.35. The molecule has 1 rings (SSSR count). The van der Waals surface area contributed by atoms with Gasteiger partial charge in [0.05, 0.1) is 6.61 Å². The van der Waals surface area contributed by atoms with Crippen LogP contribution in [-0.4, -0.2) is 53.1 Å². The van der Waals surface area contributed by atoms with Gasteiger partial charge in [0.1, 0.15) is 18.3 Å². The first-order valence-electron chi connectivity index (χ1n) is 4.94. The summed E-state index contributed by atoms with van der Waals surface area (Å²) in [6.45, 7) is 2.20. The summed E-state index contributed by atoms with van der Waals surface area (Å²) in [6.07, 6.45) is -1.80. The van der Waals surface area contributed by atoms with Crippen LogP contribution < -0.4 is 0 Å². The van der Waals surface area contributed by atoms with Crippen molar-refractivity contribution in [3.8, 4) is 0 Å². The molecule has 0 saturated carbocycles. The lowest BCUT2D eigenvalue weighted by Crippen LogP contribution is -2.34. The van der Waals surface area contributed by atoms with E-state index in [4.69, 9.17) is 14.6 Å². The van der Waals surface area contributed by atoms with Gasteiger partial charge in [0.2, 0.25) is 0 Å². The van der Waals surface area contributed by atoms with Crippen molar-refractivity contribution in [2.45, 2.75) is 44.4 Å². The highest BCUT2D eigenvalue weighted by molar-refractivity contribution is 4.86. The highest BCUT2D eigenvalue weighted by Crippen LogP contribution is 2.21. The summed E-state index contributed by atoms with van der Waals surface area (Å²) in [5.74, 6) is 0. The van der Waals surface area contributed by atoms with Gasteiger partial charge in [0.15, 0.2) is 6.29 Å². The summed E-state index contributed by atoms with van der Waals surface area (Å²) >= 11 is 0. The van der Waals surface area contributed by atoms with Gasteiger partial charge in [-0.3, -0.25) is 0 Å². The van der Waals surface area contributed by atoms with E-state index in [1.54, 1.807) is 0 Å². The average molecular weight is 206 g/mol. The van der Waals surface area contributed by atoms with Gasteiger partial charge in [0, 0.05) is 6.61 Å². The van der Waals surface area contributed by atoms with Crippen molar-refractivity contribution in [2.24, 2.45) is 0 Å². The third-order valence-electron chi connectivity index (χ3n) is 2.28. The molecule has 1 aliphatic rings. The molecule has 0 spiro atoms. The van der Waals surface area contributed by atoms with Gasteiger partial charge in [-0.25, -0.2) is 0 Å². The predicted octanol–water partition coefficient (Wildman–Crippen LogP) is -0.758. The van der Waals surface area contributed by atoms with E-state index in [2.05, 4.69) is 0 Å². The van der Waals surface area contributed by atoms with Crippen LogP contribution in [0.3, 0.4) is 0 Å². The second-order valence-corrected chi connectivity index (χ2v) is 3.43. The molecular formula is C9H18O5. The molecule has 0 bridgehead atoms. The highest BCUT2D eigenvalue weighted by atomic mass is 16.7. The minimum atomic E-state index is -1.07. The first kappa shape index (κ1) is 11.9. The molecule has 0 aromatic carbocycles. The lowest BCUT2D eigenvalue weighted by Gasteiger charge is -2.14. The molecule has 0 aromatic rings. The van der Waals surface area contributed by atoms with Crippen LogP contribution >= 0.6 is 0 Å². The Morgan fingerprint density at radius 1 is 1.29 bits per heavy atom. The molecule has 5 heteroatoms. The van der Waals surface area contributed by atoms with E-state index in [0.29, 0.717) is 6.61 Å². The number of aliphatic hydroxyl groups is 3. The fraction of sp³-hybridized carbons (Fsp3) is 1.00. The van der Waals surface area contributed by atoms with E-state index in [1.807, 2.05) is 6.92 Å². The van der Waals surface area contributed by atoms with Crippen molar-refractivity contribution in [3.63, 3.8) is 0 Å². The quantitative estimate of drug-likeness (QED) is 0.515. The van der Waals surface area contributed by atoms with Crippen LogP contribution in [0.4, 0.5) is 0 Å². The molecule has 1 saturated heterocycles. The molecule has 4 atom stereocenters. The number of rotatable bonds is 5. The van der Waals surface area contributed by atoms with Crippen molar-refractivity contribution in [2.75, 3.05) is 13.2 Å². The molecule has 0 amide bonds. The summed E-state index contributed by atoms with van der Waals surface area (Å²) in [5, 5.41) is 27.6. The van der Waals surface area contributed by atoms with Crippen molar-refractivity contribution < 1.29 is 24.8 Å². The van der Waals surface area contributed by atoms with Crippen LogP contribution in [0, 0.1) is 0 Å². The van der Waals surface area contributed by atoms with E-state index in [0.717, 1.165) is 12.8 Å². The van der Waals surface area contributed by atoms with Crippen LogP contribution in [0.25, 0.3) is 0 Å². The zero-order valence-corrected chi connectivity index (χ0v) is 8.30. The summed E-state index contributed by atoms with van der Waals surface area (Å²) < 4.78 is 10.3. The number of ether oxygens (including phenoxy) is 2. The molecule has 0 aliphatic carbocycles. The predicted molar refractivity (Wildman–Crippen MR) is 48.6 cm³/mol. The zero-order valence-electron chi connectivity index (χ0n) is 8.30. The molecule has 14 heavy (non-hydrogen) atoms. The van der Waals surface area contributed by atoms with Crippen LogP contribution in [-0.2, 0) is 9.47 Å². The molecule has 0 unspecified atom stereocenters. The zero-order chi connectivity index (χ0) is 10.6. The summed E-state index contributed by atoms with van der Waals surface area (Å²) in [7, 11) is 0. The van der Waals surface area contributed by atoms with E-state index < -0.39 is 24.6 Å². The second kappa shape index (κ2) is 5.63. The lowest BCUT2D eigenvalue weighted by atomic mass is 10.1. The molecule has 0 radical (unpaired) electrons. The molecule has 1 fully saturated rings. The molecule has 84 valence electrons. The molecule has 0 aromatic heterocycles. The first-order chi connectivity index (χ1) is 6.70. The van der Waals surface area contributed by atoms with Gasteiger partial charge in [-0.2, -0.15) is 0 Å². The smallest absolute Gasteiger partial charge is 0.186 e. The van der Waals surface area contributed by atoms with Gasteiger partial charge in [0.25, 0.3) is 0 Å². The molecular weight excluding hydrogens is 188 g/mol. The van der Waals surface area contributed by atoms with Crippen molar-refractivity contribution in [3.05, 3.63) is 0 Å². The summed E-state index contributed by atoms with van der Waals surface area (Å²) in [6, 6.07) is 0. The Bertz CT molecular complexity index is 163. The Hall–Kier alpha value is -0.200. The number of aliphatic hydroxyl groups excluding tert-OH is 3. The van der Waals surface area contributed by atoms with E-state index in [1.165, 1.54) is 0 Å². The average Bonchev–Trinajstić information content (AvgIpc) is 2.46. The summed E-state index contributed by atoms with van der Waals surface area (Å²) in [4.78, 5) is 0. The lowest BCUT2D eigenvalue weighted by molar-refractivity contribution is -0.169. The minimum absolute atomic E-state index is 0.314. The largest absolute Gasteiger partial charge is 0.394 e. The fourth-order valence-corrected chi connectivity index (χ4v) is 1.35. The monoisotopic (exact) mass is 206 g/mol. The van der Waals surface area contributed by atoms with Gasteiger partial charge in [-0.15, -0.1) is 0 Å². The number of hydrogen-bond acceptors (Lipinski definition) is 5. The van der Waals surface area contributed by atoms with Gasteiger partial charge in [-0.05, 0) is 6.42 Å². The van der Waals surface area contributed by atoms with Crippen molar-refractivity contribution >= 4 is 0 Å². The van der Waals surface area contributed by atoms with Crippen LogP contribution in [0.5, 0.6) is 0 Å². The third-order valence-corrected chi connectivity index (χ3v) is 2.28. The summed E-state index contributed by atoms with van der Waals surface area (Å²) in [5.41, 5.74) is 0. The maximum absolute atomic E-state index is 9.45. The first-order valence-corrected chi connectivity index (χ1v) is 4.94. The maximum atomic E-state index is 9.45. The van der Waals surface area contributed by atoms with Crippen LogP contribution in [0.2, 0.25) is 0 Å². The Kier molecular flexibility index (Phi) is 4.77. The molecule has 1 aliphatic heterocycles. The van der Waals surface area contributed by atoms with E-state index in [9.17, 15) is 10.2 Å². The maximum Gasteiger partial charge on any atom is 0.186 e. The van der Waals surface area contributed by atoms with Crippen LogP contribution in [0.15, 0.2) is 0 Å². The Morgan fingerprint density at radius 3 is 2.50 bits per heavy atom. The Morgan fingerprint density at radius 2 is 2.00 bits per heavy atom. The van der Waals surface area contributed by atoms with Crippen LogP contribution in [0.1, 0.15) is 19.8 Å². The number of hydrogen-bond donors (Lipinski definition) is 3. The van der Waals surface area contributed by atoms with Gasteiger partial charge < -0.3 is 24.8 Å². The molecule has 1 heterocycles. The Balaban J connectivity index is 2.32. The molecule has 5 nitrogen and oxygen atoms in total. The van der Waals surface area contributed by atoms with Gasteiger partial charge >= 0.3 is 0 Å².